The number of hydrogen-bond acceptors (Lipinski definition) is 3. The summed E-state index contributed by atoms with van der Waals surface area (Å²) in [6.07, 6.45) is 2.36. The molecular weight excluding hydrogens is 283 g/mol. The Morgan fingerprint density at radius 1 is 1.47 bits per heavy atom. The fourth-order valence-corrected chi connectivity index (χ4v) is 3.17. The Morgan fingerprint density at radius 3 is 2.84 bits per heavy atom. The van der Waals surface area contributed by atoms with Gasteiger partial charge in [0, 0.05) is 22.1 Å². The number of thiazole rings is 1. The van der Waals surface area contributed by atoms with Crippen LogP contribution in [0.3, 0.4) is 0 Å². The van der Waals surface area contributed by atoms with E-state index in [1.165, 1.54) is 25.0 Å². The zero-order chi connectivity index (χ0) is 13.4. The second kappa shape index (κ2) is 5.19. The lowest BCUT2D eigenvalue weighted by Crippen LogP contribution is -2.24. The van der Waals surface area contributed by atoms with E-state index in [-0.39, 0.29) is 11.9 Å². The highest BCUT2D eigenvalue weighted by Gasteiger charge is 2.29. The first-order valence-corrected chi connectivity index (χ1v) is 7.52. The van der Waals surface area contributed by atoms with Crippen molar-refractivity contribution in [3.63, 3.8) is 0 Å². The van der Waals surface area contributed by atoms with Crippen LogP contribution in [0, 0.1) is 12.7 Å². The van der Waals surface area contributed by atoms with Crippen LogP contribution >= 0.6 is 22.9 Å². The molecule has 1 heterocycles. The third kappa shape index (κ3) is 2.96. The SMILES string of the molecule is Cc1csc(C(NC2CC2)c2ccc(F)cc2Cl)n1. The zero-order valence-corrected chi connectivity index (χ0v) is 12.1. The second-order valence-electron chi connectivity index (χ2n) is 4.87. The molecule has 1 atom stereocenters. The fraction of sp³-hybridized carbons (Fsp3) is 0.357. The van der Waals surface area contributed by atoms with Gasteiger partial charge in [0.1, 0.15) is 10.8 Å². The van der Waals surface area contributed by atoms with Crippen molar-refractivity contribution in [3.05, 3.63) is 50.7 Å². The first-order chi connectivity index (χ1) is 9.13. The highest BCUT2D eigenvalue weighted by Crippen LogP contribution is 2.34. The molecule has 1 unspecified atom stereocenters. The van der Waals surface area contributed by atoms with E-state index < -0.39 is 0 Å². The number of halogens is 2. The van der Waals surface area contributed by atoms with Gasteiger partial charge in [-0.1, -0.05) is 17.7 Å². The van der Waals surface area contributed by atoms with Crippen molar-refractivity contribution in [2.75, 3.05) is 0 Å². The van der Waals surface area contributed by atoms with Crippen molar-refractivity contribution in [2.45, 2.75) is 31.8 Å². The lowest BCUT2D eigenvalue weighted by molar-refractivity contribution is 0.592. The van der Waals surface area contributed by atoms with Gasteiger partial charge in [-0.05, 0) is 37.5 Å². The Morgan fingerprint density at radius 2 is 2.26 bits per heavy atom. The summed E-state index contributed by atoms with van der Waals surface area (Å²) in [6.45, 7) is 1.97. The van der Waals surface area contributed by atoms with Crippen LogP contribution in [0.15, 0.2) is 23.6 Å². The number of hydrogen-bond donors (Lipinski definition) is 1. The Kier molecular flexibility index (Phi) is 3.56. The van der Waals surface area contributed by atoms with Gasteiger partial charge in [-0.25, -0.2) is 9.37 Å². The molecule has 1 aliphatic carbocycles. The summed E-state index contributed by atoms with van der Waals surface area (Å²) in [5, 5.41) is 6.99. The Labute approximate surface area is 120 Å². The average Bonchev–Trinajstić information content (AvgIpc) is 3.08. The van der Waals surface area contributed by atoms with Crippen molar-refractivity contribution in [3.8, 4) is 0 Å². The summed E-state index contributed by atoms with van der Waals surface area (Å²) < 4.78 is 13.2. The van der Waals surface area contributed by atoms with E-state index in [4.69, 9.17) is 11.6 Å². The topological polar surface area (TPSA) is 24.9 Å². The van der Waals surface area contributed by atoms with Crippen LogP contribution in [0.2, 0.25) is 5.02 Å². The molecule has 0 radical (unpaired) electrons. The summed E-state index contributed by atoms with van der Waals surface area (Å²) in [5.74, 6) is -0.311. The van der Waals surface area contributed by atoms with Crippen LogP contribution in [-0.2, 0) is 0 Å². The summed E-state index contributed by atoms with van der Waals surface area (Å²) in [6, 6.07) is 5.03. The molecule has 5 heteroatoms. The maximum Gasteiger partial charge on any atom is 0.124 e. The maximum atomic E-state index is 13.2. The van der Waals surface area contributed by atoms with Crippen LogP contribution < -0.4 is 5.32 Å². The van der Waals surface area contributed by atoms with Crippen molar-refractivity contribution >= 4 is 22.9 Å². The van der Waals surface area contributed by atoms with Gasteiger partial charge in [-0.3, -0.25) is 0 Å². The van der Waals surface area contributed by atoms with E-state index in [1.807, 2.05) is 12.3 Å². The minimum atomic E-state index is -0.311. The quantitative estimate of drug-likeness (QED) is 0.919. The van der Waals surface area contributed by atoms with Crippen molar-refractivity contribution in [1.29, 1.82) is 0 Å². The molecular formula is C14H14ClFN2S. The molecule has 1 N–H and O–H groups in total. The van der Waals surface area contributed by atoms with Gasteiger partial charge in [-0.2, -0.15) is 0 Å². The Bertz CT molecular complexity index is 595. The largest absolute Gasteiger partial charge is 0.301 e. The van der Waals surface area contributed by atoms with Gasteiger partial charge >= 0.3 is 0 Å². The molecule has 1 aromatic heterocycles. The van der Waals surface area contributed by atoms with E-state index in [0.29, 0.717) is 11.1 Å². The van der Waals surface area contributed by atoms with Crippen molar-refractivity contribution in [2.24, 2.45) is 0 Å². The molecule has 2 nitrogen and oxygen atoms in total. The summed E-state index contributed by atoms with van der Waals surface area (Å²) >= 11 is 7.79. The van der Waals surface area contributed by atoms with Crippen molar-refractivity contribution < 1.29 is 4.39 Å². The van der Waals surface area contributed by atoms with Gasteiger partial charge in [0.25, 0.3) is 0 Å². The predicted octanol–water partition coefficient (Wildman–Crippen LogP) is 4.09. The third-order valence-corrected chi connectivity index (χ3v) is 4.49. The van der Waals surface area contributed by atoms with Crippen LogP contribution in [0.1, 0.15) is 35.1 Å². The monoisotopic (exact) mass is 296 g/mol. The van der Waals surface area contributed by atoms with E-state index >= 15 is 0 Å². The number of aromatic nitrogens is 1. The lowest BCUT2D eigenvalue weighted by Gasteiger charge is -2.18. The molecule has 2 aromatic rings. The van der Waals surface area contributed by atoms with Crippen LogP contribution in [0.4, 0.5) is 4.39 Å². The Balaban J connectivity index is 1.97. The molecule has 3 rings (SSSR count). The highest BCUT2D eigenvalue weighted by molar-refractivity contribution is 7.09. The van der Waals surface area contributed by atoms with Gasteiger partial charge in [0.15, 0.2) is 0 Å². The standard InChI is InChI=1S/C14H14ClFN2S/c1-8-7-19-14(17-8)13(18-10-3-4-10)11-5-2-9(16)6-12(11)15/h2,5-7,10,13,18H,3-4H2,1H3. The molecule has 0 saturated heterocycles. The summed E-state index contributed by atoms with van der Waals surface area (Å²) in [7, 11) is 0. The number of rotatable bonds is 4. The third-order valence-electron chi connectivity index (χ3n) is 3.14. The summed E-state index contributed by atoms with van der Waals surface area (Å²) in [5.41, 5.74) is 1.89. The molecule has 1 saturated carbocycles. The van der Waals surface area contributed by atoms with Gasteiger partial charge in [0.05, 0.1) is 6.04 Å². The lowest BCUT2D eigenvalue weighted by atomic mass is 10.1. The van der Waals surface area contributed by atoms with Crippen LogP contribution in [0.25, 0.3) is 0 Å². The zero-order valence-electron chi connectivity index (χ0n) is 10.5. The van der Waals surface area contributed by atoms with Crippen molar-refractivity contribution in [1.82, 2.24) is 10.3 Å². The number of benzene rings is 1. The minimum Gasteiger partial charge on any atom is -0.301 e. The van der Waals surface area contributed by atoms with Gasteiger partial charge in [0.2, 0.25) is 0 Å². The van der Waals surface area contributed by atoms with E-state index in [0.717, 1.165) is 16.3 Å². The normalized spacial score (nSPS) is 16.6. The molecule has 1 fully saturated rings. The molecule has 0 spiro atoms. The molecule has 0 bridgehead atoms. The number of aryl methyl sites for hydroxylation is 1. The van der Waals surface area contributed by atoms with E-state index in [9.17, 15) is 4.39 Å². The predicted molar refractivity (Wildman–Crippen MR) is 76.3 cm³/mol. The van der Waals surface area contributed by atoms with Gasteiger partial charge < -0.3 is 5.32 Å². The smallest absolute Gasteiger partial charge is 0.124 e. The highest BCUT2D eigenvalue weighted by atomic mass is 35.5. The average molecular weight is 297 g/mol. The van der Waals surface area contributed by atoms with E-state index in [1.54, 1.807) is 17.4 Å². The maximum absolute atomic E-state index is 13.2. The fourth-order valence-electron chi connectivity index (χ4n) is 2.02. The summed E-state index contributed by atoms with van der Waals surface area (Å²) in [4.78, 5) is 4.54. The molecule has 0 aliphatic heterocycles. The first-order valence-electron chi connectivity index (χ1n) is 6.26. The second-order valence-corrected chi connectivity index (χ2v) is 6.16. The molecule has 1 aromatic carbocycles. The molecule has 19 heavy (non-hydrogen) atoms. The van der Waals surface area contributed by atoms with Crippen LogP contribution in [0.5, 0.6) is 0 Å². The Hall–Kier alpha value is -0.970. The molecule has 100 valence electrons. The first kappa shape index (κ1) is 13.0. The number of nitrogens with one attached hydrogen (secondary N) is 1. The molecule has 1 aliphatic rings. The van der Waals surface area contributed by atoms with E-state index in [2.05, 4.69) is 10.3 Å². The minimum absolute atomic E-state index is 0.0423. The number of nitrogens with zero attached hydrogens (tertiary/aromatic N) is 1. The molecule has 0 amide bonds. The van der Waals surface area contributed by atoms with Gasteiger partial charge in [-0.15, -0.1) is 11.3 Å². The van der Waals surface area contributed by atoms with Crippen LogP contribution in [-0.4, -0.2) is 11.0 Å².